The zero-order chi connectivity index (χ0) is 22.6. The molecule has 8 nitrogen and oxygen atoms in total. The number of hydrogen-bond donors (Lipinski definition) is 4. The topological polar surface area (TPSA) is 125 Å². The summed E-state index contributed by atoms with van der Waals surface area (Å²) in [6.45, 7) is 2.30. The number of hydrogen-bond acceptors (Lipinski definition) is 6. The molecule has 1 heterocycles. The summed E-state index contributed by atoms with van der Waals surface area (Å²) in [4.78, 5) is 22.6. The van der Waals surface area contributed by atoms with Crippen LogP contribution in [-0.2, 0) is 25.5 Å². The van der Waals surface area contributed by atoms with Crippen molar-refractivity contribution >= 4 is 29.3 Å². The molecule has 4 N–H and O–H groups in total. The third kappa shape index (κ3) is 5.16. The number of aliphatic carboxylic acids is 2. The van der Waals surface area contributed by atoms with Gasteiger partial charge in [0.1, 0.15) is 6.26 Å². The molecule has 2 aromatic carbocycles. The van der Waals surface area contributed by atoms with Gasteiger partial charge < -0.3 is 30.1 Å². The number of rotatable bonds is 9. The van der Waals surface area contributed by atoms with Crippen LogP contribution in [0.4, 0.5) is 0 Å². The van der Waals surface area contributed by atoms with Crippen molar-refractivity contribution in [2.45, 2.75) is 31.3 Å². The maximum Gasteiger partial charge on any atom is 0.452 e. The van der Waals surface area contributed by atoms with Gasteiger partial charge in [0.15, 0.2) is 5.76 Å². The highest BCUT2D eigenvalue weighted by atomic mass is 35.5. The van der Waals surface area contributed by atoms with Crippen molar-refractivity contribution in [3.63, 3.8) is 0 Å². The minimum Gasteiger partial charge on any atom is -0.475 e. The normalized spacial score (nSPS) is 16.5. The Kier molecular flexibility index (Phi) is 6.84. The fourth-order valence-corrected chi connectivity index (χ4v) is 3.37. The zero-order valence-corrected chi connectivity index (χ0v) is 17.4. The number of nitrogens with one attached hydrogen (secondary N) is 1. The van der Waals surface area contributed by atoms with Gasteiger partial charge in [-0.2, -0.15) is 0 Å². The van der Waals surface area contributed by atoms with E-state index in [9.17, 15) is 24.9 Å². The summed E-state index contributed by atoms with van der Waals surface area (Å²) in [6.07, 6.45) is 0.888. The van der Waals surface area contributed by atoms with Crippen molar-refractivity contribution in [3.05, 3.63) is 76.5 Å². The maximum absolute atomic E-state index is 11.3. The fourth-order valence-electron chi connectivity index (χ4n) is 3.17. The molecule has 0 saturated heterocycles. The summed E-state index contributed by atoms with van der Waals surface area (Å²) in [7, 11) is 0. The molecule has 0 radical (unpaired) electrons. The Balaban J connectivity index is 1.60. The minimum atomic E-state index is -2.78. The third-order valence-electron chi connectivity index (χ3n) is 4.80. The Labute approximate surface area is 183 Å². The summed E-state index contributed by atoms with van der Waals surface area (Å²) < 4.78 is 9.97. The first-order valence-electron chi connectivity index (χ1n) is 9.51. The van der Waals surface area contributed by atoms with Gasteiger partial charge >= 0.3 is 17.7 Å². The van der Waals surface area contributed by atoms with Gasteiger partial charge in [0.25, 0.3) is 0 Å². The lowest BCUT2D eigenvalue weighted by molar-refractivity contribution is -0.207. The molecule has 2 aromatic rings. The van der Waals surface area contributed by atoms with E-state index in [2.05, 4.69) is 5.32 Å². The summed E-state index contributed by atoms with van der Waals surface area (Å²) in [5, 5.41) is 32.5. The van der Waals surface area contributed by atoms with Crippen molar-refractivity contribution in [3.8, 4) is 0 Å². The maximum atomic E-state index is 11.3. The van der Waals surface area contributed by atoms with Gasteiger partial charge in [0.2, 0.25) is 0 Å². The molecule has 0 saturated carbocycles. The van der Waals surface area contributed by atoms with Crippen LogP contribution in [0.2, 0.25) is 5.02 Å². The standard InChI is InChI=1S/C22H22ClNO7/c1-13(24-11-18(25)15-5-3-7-17(23)10-15)8-14-4-2-6-16(9-14)19-12-30-22(31-19,20(26)27)21(28)29/h2-7,9-10,12-13,18,24-25H,8,11H2,1H3,(H,26,27)(H,28,29)/t13-,18-/m1/s1. The van der Waals surface area contributed by atoms with Crippen LogP contribution in [0.15, 0.2) is 54.8 Å². The average Bonchev–Trinajstić information content (AvgIpc) is 3.19. The van der Waals surface area contributed by atoms with Crippen LogP contribution in [0.25, 0.3) is 5.76 Å². The monoisotopic (exact) mass is 447 g/mol. The highest BCUT2D eigenvalue weighted by Crippen LogP contribution is 2.33. The molecule has 0 unspecified atom stereocenters. The van der Waals surface area contributed by atoms with Crippen molar-refractivity contribution in [1.29, 1.82) is 0 Å². The minimum absolute atomic E-state index is 0.0101. The number of carboxylic acid groups (broad SMARTS) is 2. The molecule has 1 aliphatic heterocycles. The number of halogens is 1. The van der Waals surface area contributed by atoms with Crippen molar-refractivity contribution in [2.75, 3.05) is 6.54 Å². The second kappa shape index (κ2) is 9.38. The number of aliphatic hydroxyl groups excluding tert-OH is 1. The quantitative estimate of drug-likeness (QED) is 0.432. The summed E-state index contributed by atoms with van der Waals surface area (Å²) in [6, 6.07) is 14.1. The fraction of sp³-hybridized carbons (Fsp3) is 0.273. The smallest absolute Gasteiger partial charge is 0.452 e. The zero-order valence-electron chi connectivity index (χ0n) is 16.6. The highest BCUT2D eigenvalue weighted by Gasteiger charge is 2.56. The third-order valence-corrected chi connectivity index (χ3v) is 5.03. The molecular formula is C22H22ClNO7. The van der Waals surface area contributed by atoms with Gasteiger partial charge in [-0.05, 0) is 42.7 Å². The molecule has 0 bridgehead atoms. The van der Waals surface area contributed by atoms with Crippen LogP contribution >= 0.6 is 11.6 Å². The van der Waals surface area contributed by atoms with Gasteiger partial charge in [-0.3, -0.25) is 0 Å². The van der Waals surface area contributed by atoms with E-state index in [0.29, 0.717) is 23.6 Å². The second-order valence-electron chi connectivity index (χ2n) is 7.21. The molecule has 1 aliphatic rings. The first kappa shape index (κ1) is 22.6. The van der Waals surface area contributed by atoms with Gasteiger partial charge in [0, 0.05) is 23.2 Å². The average molecular weight is 448 g/mol. The Bertz CT molecular complexity index is 993. The lowest BCUT2D eigenvalue weighted by atomic mass is 10.0. The van der Waals surface area contributed by atoms with Crippen molar-refractivity contribution in [1.82, 2.24) is 5.32 Å². The Hall–Kier alpha value is -3.07. The highest BCUT2D eigenvalue weighted by molar-refractivity contribution is 6.30. The first-order valence-corrected chi connectivity index (χ1v) is 9.89. The van der Waals surface area contributed by atoms with E-state index in [1.807, 2.05) is 13.0 Å². The molecule has 31 heavy (non-hydrogen) atoms. The predicted molar refractivity (Wildman–Crippen MR) is 112 cm³/mol. The van der Waals surface area contributed by atoms with Crippen LogP contribution < -0.4 is 5.32 Å². The number of carboxylic acids is 2. The Morgan fingerprint density at radius 3 is 2.48 bits per heavy atom. The van der Waals surface area contributed by atoms with Crippen LogP contribution in [0.1, 0.15) is 29.7 Å². The van der Waals surface area contributed by atoms with E-state index >= 15 is 0 Å². The summed E-state index contributed by atoms with van der Waals surface area (Å²) >= 11 is 5.96. The second-order valence-corrected chi connectivity index (χ2v) is 7.65. The number of ether oxygens (including phenoxy) is 2. The summed E-state index contributed by atoms with van der Waals surface area (Å²) in [5.41, 5.74) is 2.12. The SMILES string of the molecule is C[C@H](Cc1cccc(C2=COC(C(=O)O)(C(=O)O)O2)c1)NC[C@@H](O)c1cccc(Cl)c1. The van der Waals surface area contributed by atoms with Crippen molar-refractivity contribution < 1.29 is 34.4 Å². The molecule has 3 rings (SSSR count). The number of carbonyl (C=O) groups is 2. The van der Waals surface area contributed by atoms with E-state index in [1.54, 1.807) is 42.5 Å². The Morgan fingerprint density at radius 1 is 1.13 bits per heavy atom. The predicted octanol–water partition coefficient (Wildman–Crippen LogP) is 2.80. The molecule has 164 valence electrons. The number of aliphatic hydroxyl groups is 1. The molecule has 0 fully saturated rings. The van der Waals surface area contributed by atoms with Crippen LogP contribution in [0, 0.1) is 0 Å². The molecule has 0 aliphatic carbocycles. The lowest BCUT2D eigenvalue weighted by Crippen LogP contribution is -2.47. The molecule has 9 heteroatoms. The Morgan fingerprint density at radius 2 is 1.84 bits per heavy atom. The van der Waals surface area contributed by atoms with E-state index in [4.69, 9.17) is 21.1 Å². The van der Waals surface area contributed by atoms with E-state index in [-0.39, 0.29) is 11.8 Å². The van der Waals surface area contributed by atoms with Crippen LogP contribution in [-0.4, -0.2) is 45.6 Å². The van der Waals surface area contributed by atoms with Gasteiger partial charge in [-0.25, -0.2) is 9.59 Å². The van der Waals surface area contributed by atoms with Crippen LogP contribution in [0.5, 0.6) is 0 Å². The van der Waals surface area contributed by atoms with Gasteiger partial charge in [-0.1, -0.05) is 41.9 Å². The van der Waals surface area contributed by atoms with E-state index < -0.39 is 23.8 Å². The van der Waals surface area contributed by atoms with Gasteiger partial charge in [0.05, 0.1) is 6.10 Å². The number of benzene rings is 2. The van der Waals surface area contributed by atoms with E-state index in [1.165, 1.54) is 0 Å². The lowest BCUT2D eigenvalue weighted by Gasteiger charge is -2.19. The first-order chi connectivity index (χ1) is 14.7. The molecular weight excluding hydrogens is 426 g/mol. The molecule has 2 atom stereocenters. The van der Waals surface area contributed by atoms with Crippen molar-refractivity contribution in [2.24, 2.45) is 0 Å². The molecule has 0 aromatic heterocycles. The summed E-state index contributed by atoms with van der Waals surface area (Å²) in [5.74, 6) is -6.27. The molecule has 0 spiro atoms. The largest absolute Gasteiger partial charge is 0.475 e. The van der Waals surface area contributed by atoms with Gasteiger partial charge in [-0.15, -0.1) is 0 Å². The van der Waals surface area contributed by atoms with Crippen LogP contribution in [0.3, 0.4) is 0 Å². The van der Waals surface area contributed by atoms with E-state index in [0.717, 1.165) is 17.4 Å². The molecule has 0 amide bonds.